The van der Waals surface area contributed by atoms with Crippen LogP contribution in [0.25, 0.3) is 55.2 Å². The maximum Gasteiger partial charge on any atom is 0.226 e. The van der Waals surface area contributed by atoms with Crippen LogP contribution in [0.1, 0.15) is 0 Å². The van der Waals surface area contributed by atoms with Crippen LogP contribution in [0.4, 0.5) is 0 Å². The molecule has 3 heterocycles. The van der Waals surface area contributed by atoms with Crippen molar-refractivity contribution in [2.45, 2.75) is 0 Å². The molecule has 0 amide bonds. The van der Waals surface area contributed by atoms with Crippen LogP contribution in [-0.2, 0) is 0 Å². The number of aromatic nitrogens is 4. The van der Waals surface area contributed by atoms with Crippen LogP contribution in [0.15, 0.2) is 97.1 Å². The average molecular weight is 479 g/mol. The topological polar surface area (TPSA) is 35.6 Å². The lowest BCUT2D eigenvalue weighted by atomic mass is 10.2. The Hall–Kier alpha value is -3.86. The molecule has 7 aromatic rings. The highest BCUT2D eigenvalue weighted by molar-refractivity contribution is 6.35. The first-order valence-electron chi connectivity index (χ1n) is 10.9. The third kappa shape index (κ3) is 2.67. The van der Waals surface area contributed by atoms with Crippen molar-refractivity contribution >= 4 is 66.8 Å². The van der Waals surface area contributed by atoms with Crippen molar-refractivity contribution < 1.29 is 0 Å². The number of rotatable bonds is 2. The Morgan fingerprint density at radius 2 is 0.735 bits per heavy atom. The molecule has 0 spiro atoms. The number of benzene rings is 4. The standard InChI is InChI=1S/C28H16Cl2N4/c29-25-26(33-21-13-5-1-9-17(21)18-10-2-6-14-22(18)33)31-28(30)32-27(25)34-23-15-7-3-11-19(23)20-12-4-8-16-24(20)34/h1-16H. The number of para-hydroxylation sites is 4. The van der Waals surface area contributed by atoms with Crippen LogP contribution in [0, 0.1) is 0 Å². The van der Waals surface area contributed by atoms with Gasteiger partial charge >= 0.3 is 0 Å². The molecular formula is C28H16Cl2N4. The number of hydrogen-bond acceptors (Lipinski definition) is 2. The second kappa shape index (κ2) is 7.32. The molecule has 3 aromatic heterocycles. The largest absolute Gasteiger partial charge is 0.292 e. The van der Waals surface area contributed by atoms with Crippen molar-refractivity contribution in [1.29, 1.82) is 0 Å². The lowest BCUT2D eigenvalue weighted by Gasteiger charge is -2.14. The highest BCUT2D eigenvalue weighted by Gasteiger charge is 2.22. The molecule has 0 bridgehead atoms. The first-order chi connectivity index (χ1) is 16.7. The average Bonchev–Trinajstić information content (AvgIpc) is 3.39. The highest BCUT2D eigenvalue weighted by atomic mass is 35.5. The minimum Gasteiger partial charge on any atom is -0.292 e. The van der Waals surface area contributed by atoms with Crippen LogP contribution < -0.4 is 0 Å². The van der Waals surface area contributed by atoms with Crippen molar-refractivity contribution in [3.8, 4) is 11.6 Å². The van der Waals surface area contributed by atoms with E-state index in [0.717, 1.165) is 43.6 Å². The Bertz CT molecular complexity index is 1660. The third-order valence-corrected chi connectivity index (χ3v) is 6.88. The van der Waals surface area contributed by atoms with E-state index < -0.39 is 0 Å². The van der Waals surface area contributed by atoms with Gasteiger partial charge in [-0.1, -0.05) is 84.4 Å². The maximum absolute atomic E-state index is 7.14. The summed E-state index contributed by atoms with van der Waals surface area (Å²) in [6.07, 6.45) is 0. The summed E-state index contributed by atoms with van der Waals surface area (Å²) in [6.45, 7) is 0. The minimum absolute atomic E-state index is 0.137. The van der Waals surface area contributed by atoms with E-state index in [9.17, 15) is 0 Å². The molecule has 0 atom stereocenters. The van der Waals surface area contributed by atoms with Crippen molar-refractivity contribution in [2.24, 2.45) is 0 Å². The van der Waals surface area contributed by atoms with Gasteiger partial charge in [0.15, 0.2) is 11.6 Å². The molecule has 0 saturated heterocycles. The van der Waals surface area contributed by atoms with E-state index in [1.165, 1.54) is 0 Å². The summed E-state index contributed by atoms with van der Waals surface area (Å²) in [5, 5.41) is 5.08. The lowest BCUT2D eigenvalue weighted by molar-refractivity contribution is 0.988. The molecule has 0 aliphatic heterocycles. The van der Waals surface area contributed by atoms with E-state index in [1.807, 2.05) is 48.5 Å². The molecule has 0 aliphatic carbocycles. The van der Waals surface area contributed by atoms with E-state index >= 15 is 0 Å². The summed E-state index contributed by atoms with van der Waals surface area (Å²) < 4.78 is 4.13. The summed E-state index contributed by atoms with van der Waals surface area (Å²) in [6, 6.07) is 32.9. The number of hydrogen-bond donors (Lipinski definition) is 0. The molecule has 0 N–H and O–H groups in total. The lowest BCUT2D eigenvalue weighted by Crippen LogP contribution is -2.06. The minimum atomic E-state index is 0.137. The fourth-order valence-corrected chi connectivity index (χ4v) is 5.41. The molecule has 4 nitrogen and oxygen atoms in total. The van der Waals surface area contributed by atoms with Crippen LogP contribution in [0.3, 0.4) is 0 Å². The Morgan fingerprint density at radius 1 is 0.441 bits per heavy atom. The predicted octanol–water partition coefficient (Wildman–Crippen LogP) is 7.98. The van der Waals surface area contributed by atoms with Gasteiger partial charge in [-0.05, 0) is 35.9 Å². The molecule has 0 fully saturated rings. The van der Waals surface area contributed by atoms with E-state index in [0.29, 0.717) is 16.7 Å². The SMILES string of the molecule is Clc1nc(-n2c3ccccc3c3ccccc32)c(Cl)c(-n2c3ccccc3c3ccccc32)n1. The molecule has 162 valence electrons. The first kappa shape index (κ1) is 19.6. The van der Waals surface area contributed by atoms with Gasteiger partial charge < -0.3 is 0 Å². The smallest absolute Gasteiger partial charge is 0.226 e. The number of fused-ring (bicyclic) bond motifs is 6. The zero-order chi connectivity index (χ0) is 22.8. The molecule has 6 heteroatoms. The van der Waals surface area contributed by atoms with Crippen molar-refractivity contribution in [3.63, 3.8) is 0 Å². The van der Waals surface area contributed by atoms with Gasteiger partial charge in [0.25, 0.3) is 0 Å². The molecule has 0 saturated carbocycles. The highest BCUT2D eigenvalue weighted by Crippen LogP contribution is 2.38. The summed E-state index contributed by atoms with van der Waals surface area (Å²) >= 11 is 13.7. The van der Waals surface area contributed by atoms with Crippen LogP contribution >= 0.6 is 23.2 Å². The molecule has 4 aromatic carbocycles. The molecule has 0 unspecified atom stereocenters. The van der Waals surface area contributed by atoms with Gasteiger partial charge in [-0.15, -0.1) is 0 Å². The number of halogens is 2. The normalized spacial score (nSPS) is 11.8. The first-order valence-corrected chi connectivity index (χ1v) is 11.7. The maximum atomic E-state index is 7.14. The van der Waals surface area contributed by atoms with Gasteiger partial charge in [0.05, 0.1) is 22.1 Å². The number of nitrogens with zero attached hydrogens (tertiary/aromatic N) is 4. The van der Waals surface area contributed by atoms with Crippen molar-refractivity contribution in [1.82, 2.24) is 19.1 Å². The Balaban J connectivity index is 1.62. The fourth-order valence-electron chi connectivity index (χ4n) is 5.00. The third-order valence-electron chi connectivity index (χ3n) is 6.37. The second-order valence-corrected chi connectivity index (χ2v) is 8.91. The fraction of sp³-hybridized carbons (Fsp3) is 0. The van der Waals surface area contributed by atoms with Gasteiger partial charge in [0.1, 0.15) is 5.02 Å². The molecule has 0 aliphatic rings. The summed E-state index contributed by atoms with van der Waals surface area (Å²) in [7, 11) is 0. The van der Waals surface area contributed by atoms with Gasteiger partial charge in [0.2, 0.25) is 5.28 Å². The van der Waals surface area contributed by atoms with Crippen LogP contribution in [0.5, 0.6) is 0 Å². The predicted molar refractivity (Wildman–Crippen MR) is 141 cm³/mol. The van der Waals surface area contributed by atoms with E-state index in [-0.39, 0.29) is 5.28 Å². The Morgan fingerprint density at radius 3 is 1.06 bits per heavy atom. The molecule has 34 heavy (non-hydrogen) atoms. The summed E-state index contributed by atoms with van der Waals surface area (Å²) in [4.78, 5) is 9.24. The summed E-state index contributed by atoms with van der Waals surface area (Å²) in [5.74, 6) is 1.10. The van der Waals surface area contributed by atoms with Crippen molar-refractivity contribution in [2.75, 3.05) is 0 Å². The van der Waals surface area contributed by atoms with Gasteiger partial charge in [-0.3, -0.25) is 9.13 Å². The monoisotopic (exact) mass is 478 g/mol. The summed E-state index contributed by atoms with van der Waals surface area (Å²) in [5.41, 5.74) is 4.03. The van der Waals surface area contributed by atoms with Gasteiger partial charge in [0, 0.05) is 21.5 Å². The van der Waals surface area contributed by atoms with Gasteiger partial charge in [-0.25, -0.2) is 0 Å². The van der Waals surface area contributed by atoms with E-state index in [1.54, 1.807) is 0 Å². The quantitative estimate of drug-likeness (QED) is 0.236. The zero-order valence-corrected chi connectivity index (χ0v) is 19.3. The Labute approximate surface area is 204 Å². The molecule has 7 rings (SSSR count). The zero-order valence-electron chi connectivity index (χ0n) is 17.8. The van der Waals surface area contributed by atoms with Crippen molar-refractivity contribution in [3.05, 3.63) is 107 Å². The van der Waals surface area contributed by atoms with E-state index in [2.05, 4.69) is 67.6 Å². The second-order valence-electron chi connectivity index (χ2n) is 8.19. The molecule has 0 radical (unpaired) electrons. The van der Waals surface area contributed by atoms with E-state index in [4.69, 9.17) is 23.2 Å². The van der Waals surface area contributed by atoms with Gasteiger partial charge in [-0.2, -0.15) is 9.97 Å². The van der Waals surface area contributed by atoms with Crippen LogP contribution in [-0.4, -0.2) is 19.1 Å². The Kier molecular flexibility index (Phi) is 4.22. The van der Waals surface area contributed by atoms with Crippen LogP contribution in [0.2, 0.25) is 10.3 Å². The molecular weight excluding hydrogens is 463 g/mol.